The molecule has 0 spiro atoms. The standard InChI is InChI=1S/C17H22N4/c1-13(2)7-18-8-16-9-20-17(10-19-16)21-11-14-5-3-4-6-15(14)12-21/h3-6,9-10,13,18H,7-8,11-12H2,1-2H3. The molecule has 2 heterocycles. The van der Waals surface area contributed by atoms with Crippen LogP contribution >= 0.6 is 0 Å². The summed E-state index contributed by atoms with van der Waals surface area (Å²) in [6.07, 6.45) is 3.77. The van der Waals surface area contributed by atoms with Gasteiger partial charge in [-0.3, -0.25) is 4.98 Å². The molecule has 0 bridgehead atoms. The smallest absolute Gasteiger partial charge is 0.147 e. The Morgan fingerprint density at radius 1 is 1.10 bits per heavy atom. The molecule has 110 valence electrons. The summed E-state index contributed by atoms with van der Waals surface area (Å²) in [7, 11) is 0. The van der Waals surface area contributed by atoms with Gasteiger partial charge < -0.3 is 10.2 Å². The van der Waals surface area contributed by atoms with E-state index in [9.17, 15) is 0 Å². The fourth-order valence-electron chi connectivity index (χ4n) is 2.59. The zero-order valence-corrected chi connectivity index (χ0v) is 12.7. The molecule has 0 amide bonds. The maximum absolute atomic E-state index is 4.56. The minimum absolute atomic E-state index is 0.653. The Hall–Kier alpha value is -1.94. The average Bonchev–Trinajstić information content (AvgIpc) is 2.91. The van der Waals surface area contributed by atoms with Gasteiger partial charge in [-0.05, 0) is 23.6 Å². The van der Waals surface area contributed by atoms with Crippen molar-refractivity contribution in [1.82, 2.24) is 15.3 Å². The van der Waals surface area contributed by atoms with Crippen LogP contribution in [0.3, 0.4) is 0 Å². The van der Waals surface area contributed by atoms with Crippen molar-refractivity contribution in [3.63, 3.8) is 0 Å². The van der Waals surface area contributed by atoms with Crippen molar-refractivity contribution in [1.29, 1.82) is 0 Å². The fraction of sp³-hybridized carbons (Fsp3) is 0.412. The summed E-state index contributed by atoms with van der Waals surface area (Å²) >= 11 is 0. The van der Waals surface area contributed by atoms with E-state index in [0.717, 1.165) is 37.7 Å². The van der Waals surface area contributed by atoms with Crippen LogP contribution < -0.4 is 10.2 Å². The number of nitrogens with zero attached hydrogens (tertiary/aromatic N) is 3. The van der Waals surface area contributed by atoms with E-state index in [4.69, 9.17) is 0 Å². The predicted molar refractivity (Wildman–Crippen MR) is 84.9 cm³/mol. The first-order chi connectivity index (χ1) is 10.2. The molecule has 21 heavy (non-hydrogen) atoms. The summed E-state index contributed by atoms with van der Waals surface area (Å²) in [4.78, 5) is 11.3. The summed E-state index contributed by atoms with van der Waals surface area (Å²) in [6, 6.07) is 8.56. The van der Waals surface area contributed by atoms with Crippen LogP contribution in [0.4, 0.5) is 5.82 Å². The lowest BCUT2D eigenvalue weighted by atomic mass is 10.1. The van der Waals surface area contributed by atoms with Gasteiger partial charge in [0, 0.05) is 19.6 Å². The third kappa shape index (κ3) is 3.39. The lowest BCUT2D eigenvalue weighted by molar-refractivity contribution is 0.547. The lowest BCUT2D eigenvalue weighted by Crippen LogP contribution is -2.20. The van der Waals surface area contributed by atoms with Crippen LogP contribution in [0, 0.1) is 5.92 Å². The van der Waals surface area contributed by atoms with Crippen molar-refractivity contribution >= 4 is 5.82 Å². The van der Waals surface area contributed by atoms with Crippen molar-refractivity contribution in [2.45, 2.75) is 33.5 Å². The van der Waals surface area contributed by atoms with Crippen molar-refractivity contribution in [3.05, 3.63) is 53.5 Å². The zero-order chi connectivity index (χ0) is 14.7. The number of anilines is 1. The summed E-state index contributed by atoms with van der Waals surface area (Å²) in [5, 5.41) is 3.39. The molecule has 0 saturated carbocycles. The number of rotatable bonds is 5. The third-order valence-electron chi connectivity index (χ3n) is 3.72. The molecular formula is C17H22N4. The highest BCUT2D eigenvalue weighted by Crippen LogP contribution is 2.25. The summed E-state index contributed by atoms with van der Waals surface area (Å²) in [5.41, 5.74) is 3.78. The molecule has 1 aromatic heterocycles. The maximum Gasteiger partial charge on any atom is 0.147 e. The molecule has 0 unspecified atom stereocenters. The van der Waals surface area contributed by atoms with Gasteiger partial charge in [0.2, 0.25) is 0 Å². The molecule has 3 rings (SSSR count). The van der Waals surface area contributed by atoms with Crippen molar-refractivity contribution in [3.8, 4) is 0 Å². The Labute approximate surface area is 126 Å². The normalized spacial score (nSPS) is 13.8. The van der Waals surface area contributed by atoms with E-state index < -0.39 is 0 Å². The Kier molecular flexibility index (Phi) is 4.15. The van der Waals surface area contributed by atoms with Gasteiger partial charge in [-0.1, -0.05) is 38.1 Å². The van der Waals surface area contributed by atoms with E-state index in [1.807, 2.05) is 12.4 Å². The van der Waals surface area contributed by atoms with Crippen molar-refractivity contribution in [2.24, 2.45) is 5.92 Å². The molecule has 1 aromatic carbocycles. The Morgan fingerprint density at radius 2 is 1.81 bits per heavy atom. The van der Waals surface area contributed by atoms with Crippen LogP contribution in [0.1, 0.15) is 30.7 Å². The van der Waals surface area contributed by atoms with E-state index in [-0.39, 0.29) is 0 Å². The molecule has 4 heteroatoms. The number of nitrogens with one attached hydrogen (secondary N) is 1. The molecule has 0 fully saturated rings. The minimum atomic E-state index is 0.653. The van der Waals surface area contributed by atoms with Gasteiger partial charge in [-0.25, -0.2) is 4.98 Å². The van der Waals surface area contributed by atoms with Crippen LogP contribution in [0.5, 0.6) is 0 Å². The largest absolute Gasteiger partial charge is 0.347 e. The van der Waals surface area contributed by atoms with E-state index in [1.165, 1.54) is 11.1 Å². The lowest BCUT2D eigenvalue weighted by Gasteiger charge is -2.16. The van der Waals surface area contributed by atoms with Crippen molar-refractivity contribution < 1.29 is 0 Å². The highest BCUT2D eigenvalue weighted by molar-refractivity contribution is 5.45. The number of fused-ring (bicyclic) bond motifs is 1. The summed E-state index contributed by atoms with van der Waals surface area (Å²) in [6.45, 7) is 8.04. The summed E-state index contributed by atoms with van der Waals surface area (Å²) in [5.74, 6) is 1.61. The number of hydrogen-bond donors (Lipinski definition) is 1. The average molecular weight is 282 g/mol. The van der Waals surface area contributed by atoms with Gasteiger partial charge in [0.25, 0.3) is 0 Å². The van der Waals surface area contributed by atoms with E-state index in [0.29, 0.717) is 5.92 Å². The Balaban J connectivity index is 1.61. The van der Waals surface area contributed by atoms with Gasteiger partial charge in [-0.15, -0.1) is 0 Å². The highest BCUT2D eigenvalue weighted by Gasteiger charge is 2.19. The molecule has 2 aromatic rings. The van der Waals surface area contributed by atoms with Crippen LogP contribution in [0.25, 0.3) is 0 Å². The van der Waals surface area contributed by atoms with Gasteiger partial charge in [0.1, 0.15) is 5.82 Å². The van der Waals surface area contributed by atoms with Crippen LogP contribution in [-0.4, -0.2) is 16.5 Å². The fourth-order valence-corrected chi connectivity index (χ4v) is 2.59. The first-order valence-electron chi connectivity index (χ1n) is 7.56. The van der Waals surface area contributed by atoms with E-state index in [1.54, 1.807) is 0 Å². The minimum Gasteiger partial charge on any atom is -0.347 e. The monoisotopic (exact) mass is 282 g/mol. The molecule has 0 atom stereocenters. The van der Waals surface area contributed by atoms with Gasteiger partial charge >= 0.3 is 0 Å². The molecule has 1 aliphatic rings. The quantitative estimate of drug-likeness (QED) is 0.915. The molecule has 4 nitrogen and oxygen atoms in total. The molecule has 1 N–H and O–H groups in total. The first-order valence-corrected chi connectivity index (χ1v) is 7.56. The van der Waals surface area contributed by atoms with Crippen molar-refractivity contribution in [2.75, 3.05) is 11.4 Å². The van der Waals surface area contributed by atoms with Gasteiger partial charge in [-0.2, -0.15) is 0 Å². The zero-order valence-electron chi connectivity index (χ0n) is 12.7. The number of aromatic nitrogens is 2. The van der Waals surface area contributed by atoms with Gasteiger partial charge in [0.05, 0.1) is 18.1 Å². The molecular weight excluding hydrogens is 260 g/mol. The summed E-state index contributed by atoms with van der Waals surface area (Å²) < 4.78 is 0. The SMILES string of the molecule is CC(C)CNCc1cnc(N2Cc3ccccc3C2)cn1. The van der Waals surface area contributed by atoms with E-state index >= 15 is 0 Å². The van der Waals surface area contributed by atoms with Gasteiger partial charge in [0.15, 0.2) is 0 Å². The topological polar surface area (TPSA) is 41.1 Å². The first kappa shape index (κ1) is 14.0. The van der Waals surface area contributed by atoms with Crippen LogP contribution in [-0.2, 0) is 19.6 Å². The Bertz CT molecular complexity index is 567. The highest BCUT2D eigenvalue weighted by atomic mass is 15.2. The van der Waals surface area contributed by atoms with E-state index in [2.05, 4.69) is 58.3 Å². The predicted octanol–water partition coefficient (Wildman–Crippen LogP) is 2.74. The van der Waals surface area contributed by atoms with Crippen LogP contribution in [0.2, 0.25) is 0 Å². The maximum atomic E-state index is 4.56. The second-order valence-corrected chi connectivity index (χ2v) is 6.02. The molecule has 1 aliphatic heterocycles. The van der Waals surface area contributed by atoms with Crippen LogP contribution in [0.15, 0.2) is 36.7 Å². The molecule has 0 saturated heterocycles. The number of hydrogen-bond acceptors (Lipinski definition) is 4. The second kappa shape index (κ2) is 6.22. The molecule has 0 aliphatic carbocycles. The Morgan fingerprint density at radius 3 is 2.38 bits per heavy atom. The number of benzene rings is 1. The third-order valence-corrected chi connectivity index (χ3v) is 3.72. The second-order valence-electron chi connectivity index (χ2n) is 6.02. The molecule has 0 radical (unpaired) electrons.